The van der Waals surface area contributed by atoms with Gasteiger partial charge in [-0.25, -0.2) is 4.98 Å². The fourth-order valence-corrected chi connectivity index (χ4v) is 3.50. The standard InChI is InChI=1S/C20H16BrN3O5S/c1-12(29-18(25)9-13-5-7-15(21)8-6-13)19(26)23-20-22-17(11-30-20)14-3-2-4-16(10-14)24(27)28/h2-8,10-12H,9H2,1H3,(H,22,23,26). The maximum Gasteiger partial charge on any atom is 0.311 e. The van der Waals surface area contributed by atoms with Crippen molar-refractivity contribution in [2.45, 2.75) is 19.4 Å². The van der Waals surface area contributed by atoms with E-state index < -0.39 is 22.9 Å². The molecule has 2 aromatic carbocycles. The average Bonchev–Trinajstić information content (AvgIpc) is 3.18. The molecule has 3 aromatic rings. The van der Waals surface area contributed by atoms with E-state index in [1.807, 2.05) is 12.1 Å². The van der Waals surface area contributed by atoms with E-state index in [9.17, 15) is 19.7 Å². The van der Waals surface area contributed by atoms with Crippen LogP contribution in [0.4, 0.5) is 10.8 Å². The van der Waals surface area contributed by atoms with Crippen LogP contribution in [-0.4, -0.2) is 27.9 Å². The van der Waals surface area contributed by atoms with Gasteiger partial charge < -0.3 is 4.74 Å². The van der Waals surface area contributed by atoms with Gasteiger partial charge in [0, 0.05) is 27.5 Å². The Hall–Kier alpha value is -3.11. The predicted octanol–water partition coefficient (Wildman–Crippen LogP) is 4.59. The van der Waals surface area contributed by atoms with E-state index in [0.29, 0.717) is 16.4 Å². The van der Waals surface area contributed by atoms with Crippen molar-refractivity contribution >= 4 is 50.0 Å². The van der Waals surface area contributed by atoms with Gasteiger partial charge >= 0.3 is 5.97 Å². The Bertz CT molecular complexity index is 1080. The second-order valence-corrected chi connectivity index (χ2v) is 8.04. The van der Waals surface area contributed by atoms with Crippen LogP contribution in [0.2, 0.25) is 0 Å². The summed E-state index contributed by atoms with van der Waals surface area (Å²) in [6, 6.07) is 13.3. The molecule has 1 N–H and O–H groups in total. The van der Waals surface area contributed by atoms with Gasteiger partial charge in [-0.2, -0.15) is 0 Å². The lowest BCUT2D eigenvalue weighted by Gasteiger charge is -2.12. The zero-order valence-corrected chi connectivity index (χ0v) is 18.1. The number of aromatic nitrogens is 1. The minimum absolute atomic E-state index is 0.0441. The van der Waals surface area contributed by atoms with Gasteiger partial charge in [-0.15, -0.1) is 11.3 Å². The molecule has 0 bridgehead atoms. The summed E-state index contributed by atoms with van der Waals surface area (Å²) in [5.74, 6) is -1.03. The van der Waals surface area contributed by atoms with Crippen LogP contribution in [0.15, 0.2) is 58.4 Å². The van der Waals surface area contributed by atoms with E-state index in [1.165, 1.54) is 30.4 Å². The Morgan fingerprint density at radius 1 is 1.27 bits per heavy atom. The molecule has 0 saturated carbocycles. The van der Waals surface area contributed by atoms with Crippen LogP contribution in [0.3, 0.4) is 0 Å². The first-order chi connectivity index (χ1) is 14.3. The molecule has 0 radical (unpaired) electrons. The third-order valence-corrected chi connectivity index (χ3v) is 5.31. The normalized spacial score (nSPS) is 11.5. The molecular formula is C20H16BrN3O5S. The molecule has 1 atom stereocenters. The Morgan fingerprint density at radius 3 is 2.70 bits per heavy atom. The smallest absolute Gasteiger partial charge is 0.311 e. The Morgan fingerprint density at radius 2 is 2.00 bits per heavy atom. The van der Waals surface area contributed by atoms with Crippen molar-refractivity contribution in [3.63, 3.8) is 0 Å². The van der Waals surface area contributed by atoms with Gasteiger partial charge in [0.2, 0.25) is 0 Å². The maximum atomic E-state index is 12.3. The van der Waals surface area contributed by atoms with Crippen molar-refractivity contribution in [1.82, 2.24) is 4.98 Å². The fourth-order valence-electron chi connectivity index (χ4n) is 2.51. The van der Waals surface area contributed by atoms with Crippen molar-refractivity contribution in [3.05, 3.63) is 74.1 Å². The summed E-state index contributed by atoms with van der Waals surface area (Å²) in [5.41, 5.74) is 1.79. The van der Waals surface area contributed by atoms with Gasteiger partial charge in [-0.05, 0) is 24.6 Å². The first-order valence-electron chi connectivity index (χ1n) is 8.77. The second kappa shape index (κ2) is 9.59. The number of benzene rings is 2. The van der Waals surface area contributed by atoms with Crippen LogP contribution >= 0.6 is 27.3 Å². The van der Waals surface area contributed by atoms with Crippen LogP contribution in [-0.2, 0) is 20.7 Å². The zero-order valence-electron chi connectivity index (χ0n) is 15.7. The molecule has 30 heavy (non-hydrogen) atoms. The van der Waals surface area contributed by atoms with Crippen LogP contribution in [0.1, 0.15) is 12.5 Å². The Kier molecular flexibility index (Phi) is 6.91. The zero-order chi connectivity index (χ0) is 21.7. The number of esters is 1. The van der Waals surface area contributed by atoms with Gasteiger partial charge in [0.25, 0.3) is 11.6 Å². The second-order valence-electron chi connectivity index (χ2n) is 6.27. The summed E-state index contributed by atoms with van der Waals surface area (Å²) < 4.78 is 6.09. The highest BCUT2D eigenvalue weighted by Crippen LogP contribution is 2.27. The molecule has 1 unspecified atom stereocenters. The van der Waals surface area contributed by atoms with E-state index in [0.717, 1.165) is 10.0 Å². The first-order valence-corrected chi connectivity index (χ1v) is 10.4. The van der Waals surface area contributed by atoms with Crippen molar-refractivity contribution in [2.24, 2.45) is 0 Å². The predicted molar refractivity (Wildman–Crippen MR) is 116 cm³/mol. The van der Waals surface area contributed by atoms with Crippen molar-refractivity contribution in [3.8, 4) is 11.3 Å². The molecule has 0 saturated heterocycles. The Balaban J connectivity index is 1.58. The van der Waals surface area contributed by atoms with Crippen molar-refractivity contribution in [2.75, 3.05) is 5.32 Å². The number of nitro benzene ring substituents is 1. The van der Waals surface area contributed by atoms with E-state index in [2.05, 4.69) is 26.2 Å². The van der Waals surface area contributed by atoms with Crippen molar-refractivity contribution in [1.29, 1.82) is 0 Å². The third-order valence-electron chi connectivity index (χ3n) is 4.03. The third kappa shape index (κ3) is 5.71. The number of ether oxygens (including phenoxy) is 1. The van der Waals surface area contributed by atoms with E-state index in [-0.39, 0.29) is 12.1 Å². The molecule has 154 valence electrons. The molecular weight excluding hydrogens is 474 g/mol. The molecule has 0 aliphatic carbocycles. The number of non-ortho nitro benzene ring substituents is 1. The highest BCUT2D eigenvalue weighted by Gasteiger charge is 2.20. The number of hydrogen-bond acceptors (Lipinski definition) is 7. The topological polar surface area (TPSA) is 111 Å². The van der Waals surface area contributed by atoms with Crippen LogP contribution < -0.4 is 5.32 Å². The Labute approximate surface area is 184 Å². The number of halogens is 1. The fraction of sp³-hybridized carbons (Fsp3) is 0.150. The number of nitrogens with zero attached hydrogens (tertiary/aromatic N) is 2. The van der Waals surface area contributed by atoms with Gasteiger partial charge in [0.15, 0.2) is 11.2 Å². The summed E-state index contributed by atoms with van der Waals surface area (Å²) in [6.45, 7) is 1.48. The van der Waals surface area contributed by atoms with E-state index in [1.54, 1.807) is 29.6 Å². The number of rotatable bonds is 7. The molecule has 1 aromatic heterocycles. The number of hydrogen-bond donors (Lipinski definition) is 1. The minimum atomic E-state index is -1.00. The summed E-state index contributed by atoms with van der Waals surface area (Å²) in [6.07, 6.45) is -0.947. The lowest BCUT2D eigenvalue weighted by molar-refractivity contribution is -0.384. The molecule has 10 heteroatoms. The number of nitro groups is 1. The van der Waals surface area contributed by atoms with Crippen LogP contribution in [0.25, 0.3) is 11.3 Å². The number of anilines is 1. The highest BCUT2D eigenvalue weighted by molar-refractivity contribution is 9.10. The maximum absolute atomic E-state index is 12.3. The van der Waals surface area contributed by atoms with Gasteiger partial charge in [0.1, 0.15) is 0 Å². The molecule has 1 heterocycles. The number of thiazole rings is 1. The quantitative estimate of drug-likeness (QED) is 0.295. The van der Waals surface area contributed by atoms with Gasteiger partial charge in [0.05, 0.1) is 17.0 Å². The highest BCUT2D eigenvalue weighted by atomic mass is 79.9. The average molecular weight is 490 g/mol. The van der Waals surface area contributed by atoms with Gasteiger partial charge in [-0.3, -0.25) is 25.0 Å². The summed E-state index contributed by atoms with van der Waals surface area (Å²) >= 11 is 4.49. The minimum Gasteiger partial charge on any atom is -0.452 e. The lowest BCUT2D eigenvalue weighted by Crippen LogP contribution is -2.30. The number of carbonyl (C=O) groups excluding carboxylic acids is 2. The summed E-state index contributed by atoms with van der Waals surface area (Å²) in [4.78, 5) is 39.1. The van der Waals surface area contributed by atoms with E-state index >= 15 is 0 Å². The molecule has 0 aliphatic rings. The number of carbonyl (C=O) groups is 2. The molecule has 0 spiro atoms. The lowest BCUT2D eigenvalue weighted by atomic mass is 10.1. The summed E-state index contributed by atoms with van der Waals surface area (Å²) in [5, 5.41) is 15.5. The van der Waals surface area contributed by atoms with Gasteiger partial charge in [-0.1, -0.05) is 40.2 Å². The van der Waals surface area contributed by atoms with Crippen LogP contribution in [0.5, 0.6) is 0 Å². The SMILES string of the molecule is CC(OC(=O)Cc1ccc(Br)cc1)C(=O)Nc1nc(-c2cccc([N+](=O)[O-])c2)cs1. The van der Waals surface area contributed by atoms with Crippen LogP contribution in [0, 0.1) is 10.1 Å². The summed E-state index contributed by atoms with van der Waals surface area (Å²) in [7, 11) is 0. The van der Waals surface area contributed by atoms with E-state index in [4.69, 9.17) is 4.74 Å². The molecule has 0 fully saturated rings. The molecule has 3 rings (SSSR count). The molecule has 0 aliphatic heterocycles. The first kappa shape index (κ1) is 21.6. The number of nitrogens with one attached hydrogen (secondary N) is 1. The largest absolute Gasteiger partial charge is 0.452 e. The number of amides is 1. The molecule has 1 amide bonds. The monoisotopic (exact) mass is 489 g/mol. The molecule has 8 nitrogen and oxygen atoms in total. The van der Waals surface area contributed by atoms with Crippen molar-refractivity contribution < 1.29 is 19.2 Å².